The molecule has 2 aromatic heterocycles. The van der Waals surface area contributed by atoms with Gasteiger partial charge in [0.05, 0.1) is 45.9 Å². The van der Waals surface area contributed by atoms with Crippen LogP contribution in [0, 0.1) is 11.3 Å². The summed E-state index contributed by atoms with van der Waals surface area (Å²) in [5, 5.41) is 16.9. The van der Waals surface area contributed by atoms with Gasteiger partial charge in [0.25, 0.3) is 6.71 Å². The van der Waals surface area contributed by atoms with Gasteiger partial charge in [0.1, 0.15) is 6.07 Å². The number of nitrogens with zero attached hydrogens (tertiary/aromatic N) is 5. The van der Waals surface area contributed by atoms with E-state index in [-0.39, 0.29) is 50.1 Å². The number of anilines is 6. The molecule has 0 unspecified atom stereocenters. The van der Waals surface area contributed by atoms with Gasteiger partial charge in [-0.1, -0.05) is 327 Å². The highest BCUT2D eigenvalue weighted by molar-refractivity contribution is 7.00. The SMILES string of the molecule is [2H]c1c([2H])c([2H])c(-c2cccc(-c3cc(C(C)(C)C)cc(-c4ccccc4)c3N3c4cc(-n5c6ccc(C(C)(C)C)cc6c6cc(C(C)(C)C)ccc65)ccc4B4c5ccc(-c6cc(C(C)(C)C)cc(C(C)(C)C)c6)cc5N(c5cc(-n6c7ccccc7c7ccccc76)ccc5C#N)c5cc(-c6cc(C(C)(C)C)cc(C(C)(C)C)c6)cc3c54)c2)c([2H])c1[2H]. The van der Waals surface area contributed by atoms with Gasteiger partial charge in [-0.25, -0.2) is 0 Å². The van der Waals surface area contributed by atoms with Crippen LogP contribution in [0.15, 0.2) is 285 Å². The normalized spacial score (nSPS) is 13.9. The zero-order chi connectivity index (χ0) is 88.0. The van der Waals surface area contributed by atoms with Gasteiger partial charge < -0.3 is 18.9 Å². The zero-order valence-corrected chi connectivity index (χ0v) is 73.1. The monoisotopic (exact) mass is 1550 g/mol. The standard InChI is InChI=1S/C113H110BN5/c1-107(2,3)79-45-51-98-92(63-79)93-64-80(108(4,5)6)46-52-99(93)117(98)87-48-50-95-102(68-87)119(106-90(71-35-26-23-27-36-71)65-85(113(19,20)21)66-91(106)74-38-32-37-72(53-74)70-33-24-22-25-34-70)104-60-78(77-56-83(111(13,14)15)62-84(57-77)112(16,17)18)59-103-105(104)114(95)94-49-44-73(76-54-81(109(7,8)9)61-82(55-76)110(10,11)12)58-101(94)118(103)100-67-86(47-43-75(100)69-115)116-96-41-30-28-39-88(96)89-40-29-31-42-97(89)116/h22-68H,1-21H3/i22D,24D,25D,33D,34D. The molecule has 0 amide bonds. The Morgan fingerprint density at radius 3 is 1.18 bits per heavy atom. The zero-order valence-electron chi connectivity index (χ0n) is 78.1. The number of hydrogen-bond donors (Lipinski definition) is 0. The lowest BCUT2D eigenvalue weighted by molar-refractivity contribution is 0.568. The summed E-state index contributed by atoms with van der Waals surface area (Å²) in [6.07, 6.45) is 0. The Bertz CT molecular complexity index is 6960. The third kappa shape index (κ3) is 13.7. The molecule has 2 aliphatic heterocycles. The highest BCUT2D eigenvalue weighted by atomic mass is 15.2. The number of para-hydroxylation sites is 2. The molecule has 590 valence electrons. The van der Waals surface area contributed by atoms with E-state index < -0.39 is 30.3 Å². The van der Waals surface area contributed by atoms with Crippen LogP contribution in [0.5, 0.6) is 0 Å². The second kappa shape index (κ2) is 28.0. The van der Waals surface area contributed by atoms with Crippen molar-refractivity contribution >= 4 is 101 Å². The topological polar surface area (TPSA) is 40.1 Å². The Morgan fingerprint density at radius 1 is 0.277 bits per heavy atom. The number of rotatable bonds is 9. The maximum Gasteiger partial charge on any atom is 0.252 e. The Hall–Kier alpha value is -12.2. The van der Waals surface area contributed by atoms with E-state index in [4.69, 9.17) is 4.11 Å². The first-order valence-electron chi connectivity index (χ1n) is 44.9. The first-order valence-corrected chi connectivity index (χ1v) is 42.4. The maximum atomic E-state index is 12.3. The predicted molar refractivity (Wildman–Crippen MR) is 512 cm³/mol. The van der Waals surface area contributed by atoms with E-state index in [0.717, 1.165) is 145 Å². The van der Waals surface area contributed by atoms with Crippen molar-refractivity contribution in [2.75, 3.05) is 9.80 Å². The van der Waals surface area contributed by atoms with E-state index in [0.29, 0.717) is 11.1 Å². The highest BCUT2D eigenvalue weighted by Crippen LogP contribution is 2.55. The molecule has 14 aromatic carbocycles. The fourth-order valence-corrected chi connectivity index (χ4v) is 18.3. The Labute approximate surface area is 713 Å². The summed E-state index contributed by atoms with van der Waals surface area (Å²) in [7, 11) is 0. The molecule has 2 aliphatic rings. The van der Waals surface area contributed by atoms with Crippen LogP contribution in [-0.4, -0.2) is 15.8 Å². The maximum absolute atomic E-state index is 12.3. The molecular formula is C113H110BN5. The minimum atomic E-state index is -0.450. The molecule has 0 atom stereocenters. The van der Waals surface area contributed by atoms with Crippen LogP contribution in [0.1, 0.15) is 197 Å². The highest BCUT2D eigenvalue weighted by Gasteiger charge is 2.46. The van der Waals surface area contributed by atoms with Gasteiger partial charge in [-0.05, 0) is 241 Å². The quantitative estimate of drug-likeness (QED) is 0.135. The number of benzene rings is 14. The molecule has 0 radical (unpaired) electrons. The number of aromatic nitrogens is 2. The lowest BCUT2D eigenvalue weighted by atomic mass is 9.33. The largest absolute Gasteiger partial charge is 0.310 e. The van der Waals surface area contributed by atoms with Crippen molar-refractivity contribution < 1.29 is 6.85 Å². The molecule has 5 nitrogen and oxygen atoms in total. The van der Waals surface area contributed by atoms with Crippen molar-refractivity contribution in [2.45, 2.75) is 183 Å². The van der Waals surface area contributed by atoms with Gasteiger partial charge in [0.15, 0.2) is 0 Å². The summed E-state index contributed by atoms with van der Waals surface area (Å²) in [6.45, 7) is 47.9. The Balaban J connectivity index is 1.05. The van der Waals surface area contributed by atoms with Crippen molar-refractivity contribution in [3.8, 4) is 73.1 Å². The average Bonchev–Trinajstić information content (AvgIpc) is 1.59. The molecule has 0 bridgehead atoms. The lowest BCUT2D eigenvalue weighted by Gasteiger charge is -2.46. The molecule has 0 fully saturated rings. The van der Waals surface area contributed by atoms with Crippen molar-refractivity contribution in [2.24, 2.45) is 0 Å². The van der Waals surface area contributed by atoms with E-state index >= 15 is 0 Å². The summed E-state index contributed by atoms with van der Waals surface area (Å²) >= 11 is 0. The van der Waals surface area contributed by atoms with Crippen molar-refractivity contribution in [3.63, 3.8) is 0 Å². The molecule has 0 N–H and O–H groups in total. The van der Waals surface area contributed by atoms with Crippen molar-refractivity contribution in [1.82, 2.24) is 9.13 Å². The minimum absolute atomic E-state index is 0.127. The first kappa shape index (κ1) is 72.1. The van der Waals surface area contributed by atoms with Gasteiger partial charge in [-0.2, -0.15) is 5.26 Å². The minimum Gasteiger partial charge on any atom is -0.310 e. The second-order valence-corrected chi connectivity index (χ2v) is 40.7. The third-order valence-corrected chi connectivity index (χ3v) is 25.2. The van der Waals surface area contributed by atoms with Crippen molar-refractivity contribution in [1.29, 1.82) is 5.26 Å². The fraction of sp³-hybridized carbons (Fsp3) is 0.248. The molecule has 119 heavy (non-hydrogen) atoms. The molecule has 0 spiro atoms. The van der Waals surface area contributed by atoms with Crippen LogP contribution < -0.4 is 26.2 Å². The molecule has 6 heteroatoms. The molecule has 4 heterocycles. The first-order chi connectivity index (χ1) is 58.4. The van der Waals surface area contributed by atoms with Gasteiger partial charge in [0.2, 0.25) is 0 Å². The molecular weight excluding hydrogens is 1440 g/mol. The second-order valence-electron chi connectivity index (χ2n) is 40.7. The third-order valence-electron chi connectivity index (χ3n) is 25.2. The van der Waals surface area contributed by atoms with Crippen LogP contribution in [0.2, 0.25) is 0 Å². The Morgan fingerprint density at radius 2 is 0.672 bits per heavy atom. The van der Waals surface area contributed by atoms with Crippen LogP contribution in [0.4, 0.5) is 34.1 Å². The average molecular weight is 1550 g/mol. The fourth-order valence-electron chi connectivity index (χ4n) is 18.3. The Kier molecular flexibility index (Phi) is 17.0. The van der Waals surface area contributed by atoms with Gasteiger partial charge in [-0.3, -0.25) is 0 Å². The van der Waals surface area contributed by atoms with E-state index in [9.17, 15) is 8.00 Å². The number of hydrogen-bond acceptors (Lipinski definition) is 3. The van der Waals surface area contributed by atoms with Crippen LogP contribution in [0.25, 0.3) is 111 Å². The summed E-state index contributed by atoms with van der Waals surface area (Å²) in [5.74, 6) is 0. The summed E-state index contributed by atoms with van der Waals surface area (Å²) in [4.78, 5) is 5.05. The van der Waals surface area contributed by atoms with E-state index in [2.05, 4.69) is 401 Å². The summed E-state index contributed by atoms with van der Waals surface area (Å²) in [5.41, 5.74) is 30.5. The number of fused-ring (bicyclic) bond motifs is 10. The molecule has 0 aliphatic carbocycles. The predicted octanol–water partition coefficient (Wildman–Crippen LogP) is 29.3. The van der Waals surface area contributed by atoms with Crippen molar-refractivity contribution in [3.05, 3.63) is 330 Å². The molecule has 0 saturated heterocycles. The molecule has 18 rings (SSSR count). The van der Waals surface area contributed by atoms with E-state index in [1.54, 1.807) is 0 Å². The molecule has 16 aromatic rings. The summed E-state index contributed by atoms with van der Waals surface area (Å²) in [6, 6.07) is 96.3. The van der Waals surface area contributed by atoms with Gasteiger partial charge >= 0.3 is 0 Å². The van der Waals surface area contributed by atoms with Crippen LogP contribution in [0.3, 0.4) is 0 Å². The smallest absolute Gasteiger partial charge is 0.252 e. The number of nitriles is 1. The lowest BCUT2D eigenvalue weighted by Crippen LogP contribution is -2.61. The van der Waals surface area contributed by atoms with Crippen LogP contribution in [-0.2, 0) is 37.9 Å². The molecule has 0 saturated carbocycles. The summed E-state index contributed by atoms with van der Waals surface area (Å²) < 4.78 is 50.9. The van der Waals surface area contributed by atoms with Crippen LogP contribution >= 0.6 is 0 Å². The van der Waals surface area contributed by atoms with Gasteiger partial charge in [0, 0.05) is 66.8 Å². The van der Waals surface area contributed by atoms with E-state index in [1.165, 1.54) is 44.2 Å². The van der Waals surface area contributed by atoms with E-state index in [1.807, 2.05) is 24.3 Å². The van der Waals surface area contributed by atoms with Gasteiger partial charge in [-0.15, -0.1) is 0 Å².